The van der Waals surface area contributed by atoms with Gasteiger partial charge in [-0.2, -0.15) is 10.2 Å². The molecule has 3 rings (SSSR count). The van der Waals surface area contributed by atoms with Gasteiger partial charge in [0.25, 0.3) is 5.91 Å². The van der Waals surface area contributed by atoms with E-state index in [1.54, 1.807) is 22.9 Å². The maximum Gasteiger partial charge on any atom is 0.260 e. The number of methoxy groups -OCH3 is 1. The van der Waals surface area contributed by atoms with Crippen LogP contribution in [0.5, 0.6) is 5.75 Å². The lowest BCUT2D eigenvalue weighted by Gasteiger charge is -2.23. The topological polar surface area (TPSA) is 106 Å². The molecule has 0 aliphatic heterocycles. The fraction of sp³-hybridized carbons (Fsp3) is 0.227. The van der Waals surface area contributed by atoms with Crippen LogP contribution in [-0.4, -0.2) is 50.2 Å². The second-order valence-corrected chi connectivity index (χ2v) is 9.54. The molecule has 1 aromatic heterocycles. The van der Waals surface area contributed by atoms with E-state index in [0.717, 1.165) is 27.5 Å². The van der Waals surface area contributed by atoms with Gasteiger partial charge in [-0.3, -0.25) is 9.10 Å². The van der Waals surface area contributed by atoms with Crippen LogP contribution in [0.4, 0.5) is 5.69 Å². The van der Waals surface area contributed by atoms with Gasteiger partial charge >= 0.3 is 0 Å². The Labute approximate surface area is 197 Å². The largest absolute Gasteiger partial charge is 0.495 e. The number of para-hydroxylation sites is 1. The van der Waals surface area contributed by atoms with Crippen LogP contribution in [-0.2, 0) is 14.8 Å². The van der Waals surface area contributed by atoms with Crippen molar-refractivity contribution >= 4 is 39.4 Å². The number of halogens is 1. The highest BCUT2D eigenvalue weighted by atomic mass is 35.5. The van der Waals surface area contributed by atoms with Crippen molar-refractivity contribution in [3.05, 3.63) is 70.5 Å². The van der Waals surface area contributed by atoms with Crippen LogP contribution in [0.15, 0.2) is 53.6 Å². The van der Waals surface area contributed by atoms with Gasteiger partial charge in [-0.15, -0.1) is 0 Å². The Bertz CT molecular complexity index is 1290. The molecule has 9 nitrogen and oxygen atoms in total. The maximum atomic E-state index is 12.5. The van der Waals surface area contributed by atoms with Gasteiger partial charge in [-0.25, -0.2) is 18.5 Å². The average Bonchev–Trinajstić information content (AvgIpc) is 3.05. The minimum absolute atomic E-state index is 0.219. The quantitative estimate of drug-likeness (QED) is 0.386. The van der Waals surface area contributed by atoms with E-state index in [0.29, 0.717) is 11.3 Å². The summed E-state index contributed by atoms with van der Waals surface area (Å²) in [5.74, 6) is -0.303. The third kappa shape index (κ3) is 5.71. The second kappa shape index (κ2) is 10.1. The Kier molecular flexibility index (Phi) is 7.39. The maximum absolute atomic E-state index is 12.5. The van der Waals surface area contributed by atoms with Gasteiger partial charge in [0.2, 0.25) is 10.0 Å². The van der Waals surface area contributed by atoms with Crippen LogP contribution in [0, 0.1) is 13.8 Å². The molecule has 0 fully saturated rings. The molecule has 0 aliphatic rings. The molecule has 0 aliphatic carbocycles. The summed E-state index contributed by atoms with van der Waals surface area (Å²) in [4.78, 5) is 12.5. The minimum atomic E-state index is -3.77. The molecule has 3 aromatic rings. The highest BCUT2D eigenvalue weighted by Crippen LogP contribution is 2.30. The molecular formula is C22H24ClN5O4S. The zero-order valence-electron chi connectivity index (χ0n) is 18.6. The lowest BCUT2D eigenvalue weighted by Crippen LogP contribution is -2.39. The number of sulfonamides is 1. The molecule has 0 radical (unpaired) electrons. The van der Waals surface area contributed by atoms with Crippen LogP contribution in [0.3, 0.4) is 0 Å². The van der Waals surface area contributed by atoms with Gasteiger partial charge < -0.3 is 4.74 Å². The first kappa shape index (κ1) is 24.3. The SMILES string of the molecule is COc1ccc(C)cc1N(CC(=O)N/N=C\c1c(Cl)nn(-c2ccccc2)c1C)S(C)(=O)=O. The number of aromatic nitrogens is 2. The third-order valence-corrected chi connectivity index (χ3v) is 6.20. The summed E-state index contributed by atoms with van der Waals surface area (Å²) in [5.41, 5.74) is 5.52. The fourth-order valence-corrected chi connectivity index (χ4v) is 4.27. The van der Waals surface area contributed by atoms with E-state index in [9.17, 15) is 13.2 Å². The first-order valence-electron chi connectivity index (χ1n) is 9.86. The first-order valence-corrected chi connectivity index (χ1v) is 12.1. The van der Waals surface area contributed by atoms with Gasteiger partial charge in [0, 0.05) is 0 Å². The van der Waals surface area contributed by atoms with E-state index < -0.39 is 22.5 Å². The number of nitrogens with zero attached hydrogens (tertiary/aromatic N) is 4. The van der Waals surface area contributed by atoms with Crippen LogP contribution in [0.2, 0.25) is 5.15 Å². The fourth-order valence-electron chi connectivity index (χ4n) is 3.16. The standard InChI is InChI=1S/C22H24ClN5O4S/c1-15-10-11-20(32-3)19(12-15)27(33(4,30)31)14-21(29)25-24-13-18-16(2)28(26-22(18)23)17-8-6-5-7-9-17/h5-13H,14H2,1-4H3,(H,25,29)/b24-13-. The van der Waals surface area contributed by atoms with Crippen molar-refractivity contribution in [2.45, 2.75) is 13.8 Å². The zero-order valence-corrected chi connectivity index (χ0v) is 20.2. The highest BCUT2D eigenvalue weighted by molar-refractivity contribution is 7.92. The number of anilines is 1. The van der Waals surface area contributed by atoms with E-state index in [1.165, 1.54) is 13.3 Å². The Morgan fingerprint density at radius 1 is 1.24 bits per heavy atom. The Balaban J connectivity index is 1.78. The van der Waals surface area contributed by atoms with Crippen molar-refractivity contribution in [2.75, 3.05) is 24.2 Å². The van der Waals surface area contributed by atoms with Crippen molar-refractivity contribution in [2.24, 2.45) is 5.10 Å². The van der Waals surface area contributed by atoms with E-state index >= 15 is 0 Å². The molecule has 0 atom stereocenters. The summed E-state index contributed by atoms with van der Waals surface area (Å²) in [6.45, 7) is 3.16. The first-order chi connectivity index (χ1) is 15.6. The van der Waals surface area contributed by atoms with Crippen molar-refractivity contribution in [1.82, 2.24) is 15.2 Å². The summed E-state index contributed by atoms with van der Waals surface area (Å²) in [6.07, 6.45) is 2.40. The van der Waals surface area contributed by atoms with Crippen molar-refractivity contribution < 1.29 is 17.9 Å². The minimum Gasteiger partial charge on any atom is -0.495 e. The molecule has 1 heterocycles. The zero-order chi connectivity index (χ0) is 24.2. The summed E-state index contributed by atoms with van der Waals surface area (Å²) in [6, 6.07) is 14.5. The molecular weight excluding hydrogens is 466 g/mol. The number of hydrogen-bond acceptors (Lipinski definition) is 6. The lowest BCUT2D eigenvalue weighted by molar-refractivity contribution is -0.119. The van der Waals surface area contributed by atoms with E-state index in [1.807, 2.05) is 44.2 Å². The number of nitrogens with one attached hydrogen (secondary N) is 1. The molecule has 1 N–H and O–H groups in total. The number of rotatable bonds is 8. The molecule has 0 saturated carbocycles. The van der Waals surface area contributed by atoms with Gasteiger partial charge in [0.15, 0.2) is 5.15 Å². The number of carbonyl (C=O) groups is 1. The normalized spacial score (nSPS) is 11.5. The highest BCUT2D eigenvalue weighted by Gasteiger charge is 2.24. The molecule has 0 unspecified atom stereocenters. The summed E-state index contributed by atoms with van der Waals surface area (Å²) in [7, 11) is -2.34. The molecule has 0 bridgehead atoms. The van der Waals surface area contributed by atoms with Crippen LogP contribution >= 0.6 is 11.6 Å². The van der Waals surface area contributed by atoms with E-state index in [2.05, 4.69) is 15.6 Å². The third-order valence-electron chi connectivity index (χ3n) is 4.79. The smallest absolute Gasteiger partial charge is 0.260 e. The van der Waals surface area contributed by atoms with Crippen LogP contribution < -0.4 is 14.5 Å². The number of aryl methyl sites for hydroxylation is 1. The molecule has 33 heavy (non-hydrogen) atoms. The number of hydrogen-bond donors (Lipinski definition) is 1. The summed E-state index contributed by atoms with van der Waals surface area (Å²) >= 11 is 6.25. The number of ether oxygens (including phenoxy) is 1. The van der Waals surface area contributed by atoms with E-state index in [4.69, 9.17) is 16.3 Å². The number of hydrazone groups is 1. The lowest BCUT2D eigenvalue weighted by atomic mass is 10.2. The van der Waals surface area contributed by atoms with Crippen LogP contribution in [0.25, 0.3) is 5.69 Å². The molecule has 0 spiro atoms. The average molecular weight is 490 g/mol. The van der Waals surface area contributed by atoms with Gasteiger partial charge in [-0.05, 0) is 43.7 Å². The van der Waals surface area contributed by atoms with Gasteiger partial charge in [0.1, 0.15) is 12.3 Å². The molecule has 0 saturated heterocycles. The Hall–Kier alpha value is -3.37. The molecule has 11 heteroatoms. The number of amides is 1. The number of benzene rings is 2. The summed E-state index contributed by atoms with van der Waals surface area (Å²) < 4.78 is 32.7. The van der Waals surface area contributed by atoms with Gasteiger partial charge in [0.05, 0.1) is 42.2 Å². The van der Waals surface area contributed by atoms with Crippen molar-refractivity contribution in [1.29, 1.82) is 0 Å². The predicted molar refractivity (Wildman–Crippen MR) is 129 cm³/mol. The van der Waals surface area contributed by atoms with Gasteiger partial charge in [-0.1, -0.05) is 35.9 Å². The molecule has 1 amide bonds. The molecule has 2 aromatic carbocycles. The van der Waals surface area contributed by atoms with Crippen LogP contribution in [0.1, 0.15) is 16.8 Å². The Morgan fingerprint density at radius 3 is 2.58 bits per heavy atom. The second-order valence-electron chi connectivity index (χ2n) is 7.28. The number of carbonyl (C=O) groups excluding carboxylic acids is 1. The van der Waals surface area contributed by atoms with E-state index in [-0.39, 0.29) is 10.8 Å². The molecule has 174 valence electrons. The Morgan fingerprint density at radius 2 is 1.94 bits per heavy atom. The van der Waals surface area contributed by atoms with Crippen molar-refractivity contribution in [3.63, 3.8) is 0 Å². The monoisotopic (exact) mass is 489 g/mol. The van der Waals surface area contributed by atoms with Crippen molar-refractivity contribution in [3.8, 4) is 11.4 Å². The predicted octanol–water partition coefficient (Wildman–Crippen LogP) is 3.07. The summed E-state index contributed by atoms with van der Waals surface area (Å²) in [5, 5.41) is 8.47.